The number of carboxylic acid groups (broad SMARTS) is 2. The van der Waals surface area contributed by atoms with Crippen molar-refractivity contribution >= 4 is 18.0 Å². The lowest BCUT2D eigenvalue weighted by Crippen LogP contribution is -2.28. The number of carbonyl (C=O) groups is 3. The summed E-state index contributed by atoms with van der Waals surface area (Å²) >= 11 is 0. The second kappa shape index (κ2) is 4.38. The van der Waals surface area contributed by atoms with Gasteiger partial charge in [-0.25, -0.2) is 4.79 Å². The number of nitrogens with zero attached hydrogens (tertiary/aromatic N) is 1. The Bertz CT molecular complexity index is 233. The highest BCUT2D eigenvalue weighted by Crippen LogP contribution is 2.08. The van der Waals surface area contributed by atoms with Crippen molar-refractivity contribution in [1.82, 2.24) is 5.06 Å². The molecule has 1 saturated heterocycles. The standard InChI is InChI=1S/C4H5NO4.CH2O3/c6-2-1-3(7)5(9)4(2)8;2-1(3)4/h2,6,9H,1H2;(H2,2,3,4). The number of rotatable bonds is 0. The van der Waals surface area contributed by atoms with Gasteiger partial charge in [-0.15, -0.1) is 0 Å². The largest absolute Gasteiger partial charge is 0.503 e. The second-order valence-electron chi connectivity index (χ2n) is 2.05. The average molecular weight is 193 g/mol. The summed E-state index contributed by atoms with van der Waals surface area (Å²) in [5.41, 5.74) is 0. The molecule has 0 bridgehead atoms. The summed E-state index contributed by atoms with van der Waals surface area (Å²) in [6, 6.07) is 0. The minimum atomic E-state index is -1.83. The monoisotopic (exact) mass is 193 g/mol. The maximum Gasteiger partial charge on any atom is 0.503 e. The smallest absolute Gasteiger partial charge is 0.450 e. The first kappa shape index (κ1) is 11.3. The Labute approximate surface area is 71.6 Å². The van der Waals surface area contributed by atoms with Gasteiger partial charge in [0.05, 0.1) is 6.42 Å². The fourth-order valence-corrected chi connectivity index (χ4v) is 0.603. The van der Waals surface area contributed by atoms with Crippen LogP contribution >= 0.6 is 0 Å². The molecule has 2 amide bonds. The van der Waals surface area contributed by atoms with Crippen LogP contribution in [-0.4, -0.2) is 49.7 Å². The molecule has 8 heteroatoms. The summed E-state index contributed by atoms with van der Waals surface area (Å²) in [6.07, 6.45) is -3.49. The van der Waals surface area contributed by atoms with Crippen molar-refractivity contribution in [3.63, 3.8) is 0 Å². The third-order valence-corrected chi connectivity index (χ3v) is 1.10. The molecule has 0 aromatic heterocycles. The maximum atomic E-state index is 10.3. The van der Waals surface area contributed by atoms with Crippen LogP contribution in [0.3, 0.4) is 0 Å². The summed E-state index contributed by atoms with van der Waals surface area (Å²) in [5, 5.41) is 30.9. The highest BCUT2D eigenvalue weighted by atomic mass is 16.6. The van der Waals surface area contributed by atoms with E-state index in [1.54, 1.807) is 0 Å². The zero-order chi connectivity index (χ0) is 10.6. The Morgan fingerprint density at radius 2 is 1.77 bits per heavy atom. The first-order chi connectivity index (χ1) is 5.86. The van der Waals surface area contributed by atoms with Crippen molar-refractivity contribution in [1.29, 1.82) is 0 Å². The summed E-state index contributed by atoms with van der Waals surface area (Å²) < 4.78 is 0. The third kappa shape index (κ3) is 3.49. The molecule has 0 aromatic carbocycles. The van der Waals surface area contributed by atoms with Crippen molar-refractivity contribution < 1.29 is 34.9 Å². The van der Waals surface area contributed by atoms with Crippen LogP contribution in [0.25, 0.3) is 0 Å². The molecule has 13 heavy (non-hydrogen) atoms. The summed E-state index contributed by atoms with van der Waals surface area (Å²) in [7, 11) is 0. The lowest BCUT2D eigenvalue weighted by Gasteiger charge is -2.00. The van der Waals surface area contributed by atoms with Gasteiger partial charge in [0.2, 0.25) is 0 Å². The molecular weight excluding hydrogens is 186 g/mol. The van der Waals surface area contributed by atoms with Gasteiger partial charge in [0, 0.05) is 0 Å². The summed E-state index contributed by atoms with van der Waals surface area (Å²) in [6.45, 7) is 0. The lowest BCUT2D eigenvalue weighted by atomic mass is 10.3. The molecule has 1 rings (SSSR count). The Hall–Kier alpha value is -1.67. The zero-order valence-electron chi connectivity index (χ0n) is 6.25. The van der Waals surface area contributed by atoms with Crippen LogP contribution in [0, 0.1) is 0 Å². The van der Waals surface area contributed by atoms with Crippen molar-refractivity contribution in [3.05, 3.63) is 0 Å². The Morgan fingerprint density at radius 1 is 1.38 bits per heavy atom. The molecular formula is C5H7NO7. The number of hydroxylamine groups is 2. The van der Waals surface area contributed by atoms with Crippen LogP contribution in [0.4, 0.5) is 4.79 Å². The normalized spacial score (nSPS) is 21.1. The highest BCUT2D eigenvalue weighted by Gasteiger charge is 2.36. The second-order valence-corrected chi connectivity index (χ2v) is 2.05. The van der Waals surface area contributed by atoms with E-state index < -0.39 is 24.1 Å². The molecule has 8 nitrogen and oxygen atoms in total. The molecule has 0 radical (unpaired) electrons. The van der Waals surface area contributed by atoms with E-state index in [1.807, 2.05) is 0 Å². The molecule has 0 aliphatic carbocycles. The van der Waals surface area contributed by atoms with Crippen LogP contribution in [0.15, 0.2) is 0 Å². The van der Waals surface area contributed by atoms with E-state index in [4.69, 9.17) is 25.3 Å². The minimum absolute atomic E-state index is 0.0648. The van der Waals surface area contributed by atoms with Crippen molar-refractivity contribution in [2.75, 3.05) is 0 Å². The van der Waals surface area contributed by atoms with Crippen LogP contribution in [0.2, 0.25) is 0 Å². The van der Waals surface area contributed by atoms with Crippen LogP contribution in [0.5, 0.6) is 0 Å². The molecule has 1 atom stereocenters. The van der Waals surface area contributed by atoms with Crippen molar-refractivity contribution in [3.8, 4) is 0 Å². The van der Waals surface area contributed by atoms with E-state index in [2.05, 4.69) is 0 Å². The number of amides is 2. The molecule has 4 N–H and O–H groups in total. The maximum absolute atomic E-state index is 10.3. The predicted molar refractivity (Wildman–Crippen MR) is 34.9 cm³/mol. The Balaban J connectivity index is 0.000000310. The van der Waals surface area contributed by atoms with Crippen LogP contribution < -0.4 is 0 Å². The van der Waals surface area contributed by atoms with E-state index >= 15 is 0 Å². The number of aliphatic hydroxyl groups is 1. The minimum Gasteiger partial charge on any atom is -0.450 e. The fraction of sp³-hybridized carbons (Fsp3) is 0.400. The predicted octanol–water partition coefficient (Wildman–Crippen LogP) is -1.28. The molecule has 1 aliphatic heterocycles. The van der Waals surface area contributed by atoms with Crippen LogP contribution in [0.1, 0.15) is 6.42 Å². The van der Waals surface area contributed by atoms with E-state index in [0.29, 0.717) is 0 Å². The zero-order valence-corrected chi connectivity index (χ0v) is 6.25. The number of imide groups is 1. The third-order valence-electron chi connectivity index (χ3n) is 1.10. The van der Waals surface area contributed by atoms with Crippen molar-refractivity contribution in [2.45, 2.75) is 12.5 Å². The van der Waals surface area contributed by atoms with Gasteiger partial charge in [0.25, 0.3) is 11.8 Å². The molecule has 0 saturated carbocycles. The van der Waals surface area contributed by atoms with Gasteiger partial charge in [-0.2, -0.15) is 5.06 Å². The quantitative estimate of drug-likeness (QED) is 0.278. The number of carbonyl (C=O) groups excluding carboxylic acids is 2. The number of aliphatic hydroxyl groups excluding tert-OH is 1. The van der Waals surface area contributed by atoms with Gasteiger partial charge in [0.15, 0.2) is 0 Å². The average Bonchev–Trinajstić information content (AvgIpc) is 2.17. The molecule has 74 valence electrons. The van der Waals surface area contributed by atoms with E-state index in [0.717, 1.165) is 0 Å². The molecule has 0 aromatic rings. The lowest BCUT2D eigenvalue weighted by molar-refractivity contribution is -0.173. The molecule has 0 spiro atoms. The fourth-order valence-electron chi connectivity index (χ4n) is 0.603. The highest BCUT2D eigenvalue weighted by molar-refractivity contribution is 6.03. The first-order valence-corrected chi connectivity index (χ1v) is 3.02. The van der Waals surface area contributed by atoms with E-state index in [1.165, 1.54) is 0 Å². The van der Waals surface area contributed by atoms with Gasteiger partial charge in [0.1, 0.15) is 6.10 Å². The first-order valence-electron chi connectivity index (χ1n) is 3.02. The summed E-state index contributed by atoms with van der Waals surface area (Å²) in [4.78, 5) is 29.2. The topological polar surface area (TPSA) is 135 Å². The molecule has 1 heterocycles. The Kier molecular flexibility index (Phi) is 3.82. The van der Waals surface area contributed by atoms with Crippen LogP contribution in [-0.2, 0) is 9.59 Å². The van der Waals surface area contributed by atoms with Gasteiger partial charge in [-0.3, -0.25) is 14.8 Å². The molecule has 1 fully saturated rings. The van der Waals surface area contributed by atoms with Gasteiger partial charge in [-0.1, -0.05) is 0 Å². The number of hydrogen-bond donors (Lipinski definition) is 4. The summed E-state index contributed by atoms with van der Waals surface area (Å²) in [5.74, 6) is -1.70. The van der Waals surface area contributed by atoms with Gasteiger partial charge >= 0.3 is 6.16 Å². The van der Waals surface area contributed by atoms with E-state index in [-0.39, 0.29) is 11.5 Å². The van der Waals surface area contributed by atoms with E-state index in [9.17, 15) is 9.59 Å². The number of hydrogen-bond acceptors (Lipinski definition) is 5. The SMILES string of the molecule is O=C(O)O.O=C1CC(O)C(=O)N1O. The van der Waals surface area contributed by atoms with Gasteiger partial charge in [-0.05, 0) is 0 Å². The van der Waals surface area contributed by atoms with Crippen molar-refractivity contribution in [2.24, 2.45) is 0 Å². The Morgan fingerprint density at radius 3 is 1.85 bits per heavy atom. The van der Waals surface area contributed by atoms with Gasteiger partial charge < -0.3 is 15.3 Å². The molecule has 1 aliphatic rings. The molecule has 1 unspecified atom stereocenters.